The van der Waals surface area contributed by atoms with Crippen LogP contribution < -0.4 is 5.73 Å². The van der Waals surface area contributed by atoms with Crippen LogP contribution in [0.25, 0.3) is 0 Å². The molecule has 0 radical (unpaired) electrons. The number of benzene rings is 1. The Bertz CT molecular complexity index is 330. The van der Waals surface area contributed by atoms with Crippen LogP contribution in [-0.2, 0) is 0 Å². The maximum Gasteiger partial charge on any atom is 0.137 e. The molecule has 0 heterocycles. The first-order valence-corrected chi connectivity index (χ1v) is 5.26. The first kappa shape index (κ1) is 14.6. The van der Waals surface area contributed by atoms with Crippen molar-refractivity contribution in [3.05, 3.63) is 46.7 Å². The van der Waals surface area contributed by atoms with Crippen LogP contribution in [0, 0.1) is 5.82 Å². The van der Waals surface area contributed by atoms with Crippen molar-refractivity contribution >= 4 is 28.3 Å². The molecule has 0 aromatic heterocycles. The molecule has 84 valence electrons. The molecular formula is C11H14BrClFN. The standard InChI is InChI=1S/C11H13BrFN.ClH/c1-2-3-4-11(14)8-5-6-9(12)10(13)7-8;/h2,5-7,11H,1,3-4,14H2;1H/t11-;/m0./s1. The van der Waals surface area contributed by atoms with E-state index in [1.807, 2.05) is 12.1 Å². The molecule has 0 saturated heterocycles. The van der Waals surface area contributed by atoms with Gasteiger partial charge in [-0.05, 0) is 46.5 Å². The minimum absolute atomic E-state index is 0. The van der Waals surface area contributed by atoms with E-state index < -0.39 is 0 Å². The van der Waals surface area contributed by atoms with Crippen molar-refractivity contribution < 1.29 is 4.39 Å². The van der Waals surface area contributed by atoms with Crippen LogP contribution in [0.5, 0.6) is 0 Å². The van der Waals surface area contributed by atoms with Crippen molar-refractivity contribution in [2.45, 2.75) is 18.9 Å². The fourth-order valence-corrected chi connectivity index (χ4v) is 1.45. The average Bonchev–Trinajstić information content (AvgIpc) is 2.18. The Kier molecular flexibility index (Phi) is 6.81. The van der Waals surface area contributed by atoms with E-state index in [9.17, 15) is 4.39 Å². The molecular weight excluding hydrogens is 280 g/mol. The lowest BCUT2D eigenvalue weighted by atomic mass is 10.0. The van der Waals surface area contributed by atoms with Gasteiger partial charge in [0.25, 0.3) is 0 Å². The number of rotatable bonds is 4. The Hall–Kier alpha value is -0.380. The van der Waals surface area contributed by atoms with Crippen LogP contribution in [0.4, 0.5) is 4.39 Å². The summed E-state index contributed by atoms with van der Waals surface area (Å²) in [4.78, 5) is 0. The third kappa shape index (κ3) is 4.33. The van der Waals surface area contributed by atoms with Crippen LogP contribution in [0.15, 0.2) is 35.3 Å². The Balaban J connectivity index is 0.00000196. The number of hydrogen-bond donors (Lipinski definition) is 1. The maximum atomic E-state index is 13.1. The quantitative estimate of drug-likeness (QED) is 0.835. The van der Waals surface area contributed by atoms with E-state index in [0.29, 0.717) is 4.47 Å². The number of allylic oxidation sites excluding steroid dienone is 1. The summed E-state index contributed by atoms with van der Waals surface area (Å²) in [6, 6.07) is 4.87. The summed E-state index contributed by atoms with van der Waals surface area (Å²) in [5.74, 6) is -0.267. The summed E-state index contributed by atoms with van der Waals surface area (Å²) in [5, 5.41) is 0. The first-order valence-electron chi connectivity index (χ1n) is 4.46. The predicted molar refractivity (Wildman–Crippen MR) is 67.7 cm³/mol. The number of halogens is 3. The molecule has 1 aromatic rings. The highest BCUT2D eigenvalue weighted by atomic mass is 79.9. The summed E-state index contributed by atoms with van der Waals surface area (Å²) in [5.41, 5.74) is 6.70. The van der Waals surface area contributed by atoms with Gasteiger partial charge in [-0.3, -0.25) is 0 Å². The molecule has 1 aromatic carbocycles. The molecule has 0 aliphatic rings. The van der Waals surface area contributed by atoms with Crippen LogP contribution >= 0.6 is 28.3 Å². The van der Waals surface area contributed by atoms with Gasteiger partial charge in [0.05, 0.1) is 4.47 Å². The van der Waals surface area contributed by atoms with Crippen molar-refractivity contribution in [2.75, 3.05) is 0 Å². The zero-order chi connectivity index (χ0) is 10.6. The summed E-state index contributed by atoms with van der Waals surface area (Å²) in [6.45, 7) is 3.62. The topological polar surface area (TPSA) is 26.0 Å². The number of hydrogen-bond acceptors (Lipinski definition) is 1. The highest BCUT2D eigenvalue weighted by Crippen LogP contribution is 2.21. The Labute approximate surface area is 104 Å². The molecule has 4 heteroatoms. The van der Waals surface area contributed by atoms with E-state index >= 15 is 0 Å². The van der Waals surface area contributed by atoms with Gasteiger partial charge in [-0.25, -0.2) is 4.39 Å². The lowest BCUT2D eigenvalue weighted by molar-refractivity contribution is 0.606. The van der Waals surface area contributed by atoms with Gasteiger partial charge >= 0.3 is 0 Å². The molecule has 0 amide bonds. The molecule has 2 N–H and O–H groups in total. The largest absolute Gasteiger partial charge is 0.324 e. The van der Waals surface area contributed by atoms with Crippen molar-refractivity contribution in [1.29, 1.82) is 0 Å². The number of nitrogens with two attached hydrogens (primary N) is 1. The first-order chi connectivity index (χ1) is 6.65. The van der Waals surface area contributed by atoms with Gasteiger partial charge in [0.2, 0.25) is 0 Å². The van der Waals surface area contributed by atoms with Gasteiger partial charge in [-0.15, -0.1) is 19.0 Å². The van der Waals surface area contributed by atoms with E-state index in [1.165, 1.54) is 6.07 Å². The second kappa shape index (κ2) is 6.99. The Morgan fingerprint density at radius 1 is 1.53 bits per heavy atom. The summed E-state index contributed by atoms with van der Waals surface area (Å²) in [7, 11) is 0. The minimum Gasteiger partial charge on any atom is -0.324 e. The normalized spacial score (nSPS) is 11.7. The van der Waals surface area contributed by atoms with Crippen LogP contribution in [0.3, 0.4) is 0 Å². The second-order valence-electron chi connectivity index (χ2n) is 3.15. The van der Waals surface area contributed by atoms with Crippen molar-refractivity contribution in [3.63, 3.8) is 0 Å². The molecule has 1 atom stereocenters. The van der Waals surface area contributed by atoms with E-state index in [1.54, 1.807) is 6.07 Å². The van der Waals surface area contributed by atoms with Crippen molar-refractivity contribution in [1.82, 2.24) is 0 Å². The lowest BCUT2D eigenvalue weighted by Gasteiger charge is -2.10. The zero-order valence-corrected chi connectivity index (χ0v) is 10.7. The molecule has 0 saturated carbocycles. The highest BCUT2D eigenvalue weighted by molar-refractivity contribution is 9.10. The summed E-state index contributed by atoms with van der Waals surface area (Å²) in [6.07, 6.45) is 3.46. The average molecular weight is 295 g/mol. The van der Waals surface area contributed by atoms with Gasteiger partial charge in [0.1, 0.15) is 5.82 Å². The highest BCUT2D eigenvalue weighted by Gasteiger charge is 2.07. The molecule has 0 bridgehead atoms. The molecule has 0 spiro atoms. The van der Waals surface area contributed by atoms with Gasteiger partial charge in [-0.2, -0.15) is 0 Å². The zero-order valence-electron chi connectivity index (χ0n) is 8.25. The van der Waals surface area contributed by atoms with Gasteiger partial charge in [0, 0.05) is 6.04 Å². The van der Waals surface area contributed by atoms with Crippen molar-refractivity contribution in [3.8, 4) is 0 Å². The molecule has 15 heavy (non-hydrogen) atoms. The Morgan fingerprint density at radius 2 is 2.20 bits per heavy atom. The SMILES string of the molecule is C=CCC[C@H](N)c1ccc(Br)c(F)c1.Cl. The van der Waals surface area contributed by atoms with E-state index in [2.05, 4.69) is 22.5 Å². The third-order valence-electron chi connectivity index (χ3n) is 2.05. The monoisotopic (exact) mass is 293 g/mol. The molecule has 0 unspecified atom stereocenters. The van der Waals surface area contributed by atoms with E-state index in [4.69, 9.17) is 5.73 Å². The fourth-order valence-electron chi connectivity index (χ4n) is 1.21. The fraction of sp³-hybridized carbons (Fsp3) is 0.273. The summed E-state index contributed by atoms with van der Waals surface area (Å²) < 4.78 is 13.6. The van der Waals surface area contributed by atoms with E-state index in [0.717, 1.165) is 18.4 Å². The molecule has 0 fully saturated rings. The molecule has 0 aliphatic carbocycles. The van der Waals surface area contributed by atoms with Crippen molar-refractivity contribution in [2.24, 2.45) is 5.73 Å². The molecule has 1 rings (SSSR count). The van der Waals surface area contributed by atoms with Gasteiger partial charge < -0.3 is 5.73 Å². The van der Waals surface area contributed by atoms with Gasteiger partial charge in [-0.1, -0.05) is 12.1 Å². The third-order valence-corrected chi connectivity index (χ3v) is 2.70. The lowest BCUT2D eigenvalue weighted by Crippen LogP contribution is -2.09. The van der Waals surface area contributed by atoms with Crippen LogP contribution in [-0.4, -0.2) is 0 Å². The van der Waals surface area contributed by atoms with Crippen LogP contribution in [0.1, 0.15) is 24.4 Å². The smallest absolute Gasteiger partial charge is 0.137 e. The van der Waals surface area contributed by atoms with E-state index in [-0.39, 0.29) is 24.3 Å². The predicted octanol–water partition coefficient (Wildman–Crippen LogP) is 3.98. The molecule has 1 nitrogen and oxygen atoms in total. The Morgan fingerprint density at radius 3 is 2.73 bits per heavy atom. The van der Waals surface area contributed by atoms with Gasteiger partial charge in [0.15, 0.2) is 0 Å². The van der Waals surface area contributed by atoms with Crippen LogP contribution in [0.2, 0.25) is 0 Å². The second-order valence-corrected chi connectivity index (χ2v) is 4.00. The summed E-state index contributed by atoms with van der Waals surface area (Å²) >= 11 is 3.10. The minimum atomic E-state index is -0.267. The maximum absolute atomic E-state index is 13.1. The molecule has 0 aliphatic heterocycles.